The fourth-order valence-corrected chi connectivity index (χ4v) is 18.0. The third kappa shape index (κ3) is 13.4. The normalized spacial score (nSPS) is 11.9. The molecule has 0 radical (unpaired) electrons. The van der Waals surface area contributed by atoms with Gasteiger partial charge in [-0.05, 0) is 111 Å². The Hall–Kier alpha value is -6.88. The topological polar surface area (TPSA) is 50.5 Å². The molecule has 0 aliphatic rings. The van der Waals surface area contributed by atoms with Crippen LogP contribution in [0.5, 0.6) is 0 Å². The van der Waals surface area contributed by atoms with E-state index in [0.29, 0.717) is 13.1 Å². The predicted molar refractivity (Wildman–Crippen MR) is 325 cm³/mol. The number of aromatic nitrogens is 2. The largest absolute Gasteiger partial charge is 0.280 e. The third-order valence-electron chi connectivity index (χ3n) is 12.7. The van der Waals surface area contributed by atoms with Crippen LogP contribution in [0, 0.1) is 0 Å². The van der Waals surface area contributed by atoms with E-state index in [1.165, 1.54) is 42.4 Å². The molecule has 8 heteroatoms. The molecule has 10 rings (SSSR count). The van der Waals surface area contributed by atoms with Crippen molar-refractivity contribution in [2.75, 3.05) is 25.4 Å². The van der Waals surface area contributed by atoms with Crippen molar-refractivity contribution in [1.29, 1.82) is 0 Å². The summed E-state index contributed by atoms with van der Waals surface area (Å²) in [4.78, 5) is 22.6. The quantitative estimate of drug-likeness (QED) is 0.0532. The Labute approximate surface area is 442 Å². The minimum atomic E-state index is -0.740. The van der Waals surface area contributed by atoms with Crippen LogP contribution in [-0.2, 0) is 12.3 Å². The van der Waals surface area contributed by atoms with Crippen molar-refractivity contribution in [3.63, 3.8) is 0 Å². The number of nitrogens with zero attached hydrogens (tertiary/aromatic N) is 4. The molecule has 74 heavy (non-hydrogen) atoms. The number of rotatable bonds is 21. The maximum Gasteiger partial charge on any atom is 0.110 e. The Balaban J connectivity index is 1.09. The Kier molecular flexibility index (Phi) is 18.0. The first-order valence-corrected chi connectivity index (χ1v) is 31.4. The number of hydrogen-bond donors (Lipinski definition) is 0. The summed E-state index contributed by atoms with van der Waals surface area (Å²) >= 11 is 0. The molecule has 362 valence electrons. The molecule has 2 heterocycles. The van der Waals surface area contributed by atoms with Gasteiger partial charge >= 0.3 is 0 Å². The molecule has 0 bridgehead atoms. The molecule has 0 aliphatic carbocycles. The van der Waals surface area contributed by atoms with E-state index >= 15 is 0 Å². The van der Waals surface area contributed by atoms with Gasteiger partial charge in [-0.1, -0.05) is 255 Å². The summed E-state index contributed by atoms with van der Waals surface area (Å²) < 4.78 is 0. The highest BCUT2D eigenvalue weighted by molar-refractivity contribution is 7.73. The van der Waals surface area contributed by atoms with Crippen LogP contribution in [-0.4, -0.2) is 46.8 Å². The van der Waals surface area contributed by atoms with E-state index in [-0.39, 0.29) is 0 Å². The molecule has 0 spiro atoms. The van der Waals surface area contributed by atoms with Gasteiger partial charge in [-0.15, -0.1) is 0 Å². The number of aliphatic imine (C=N–C) groups is 2. The summed E-state index contributed by atoms with van der Waals surface area (Å²) in [5.74, 6) is 0. The third-order valence-corrected chi connectivity index (χ3v) is 22.6. The SMILES string of the molecule is c1ccc(P(CCN=C(C(=NCCP(c2ccccc2)c2ccccc2)c2cccc(CP(c3ccccc3)c3ccccc3)n2)c2cccc(CP(c3ccccc3)c3ccccc3)n2)c2ccccc2)cc1. The van der Waals surface area contributed by atoms with Crippen LogP contribution < -0.4 is 42.4 Å². The van der Waals surface area contributed by atoms with Gasteiger partial charge in [0.25, 0.3) is 0 Å². The van der Waals surface area contributed by atoms with Gasteiger partial charge < -0.3 is 0 Å². The van der Waals surface area contributed by atoms with Crippen molar-refractivity contribution in [3.05, 3.63) is 302 Å². The van der Waals surface area contributed by atoms with Gasteiger partial charge in [-0.2, -0.15) is 0 Å². The maximum atomic E-state index is 5.71. The standard InChI is InChI=1S/C66H58N4P4/c1-9-29-55(30-10-1)71(56-31-11-2-12-32-56)49-47-67-65(63-45-25-27-53(69-63)51-73(59-37-17-5-18-38-59)60-39-19-6-20-40-60)66(68-48-50-72(57-33-13-3-14-34-57)58-35-15-4-16-36-58)64-46-26-28-54(70-64)52-74(61-41-21-7-22-42-61)62-43-23-8-24-44-62/h1-46H,47-52H2. The Morgan fingerprint density at radius 1 is 0.257 bits per heavy atom. The van der Waals surface area contributed by atoms with Crippen molar-refractivity contribution in [3.8, 4) is 0 Å². The second-order valence-electron chi connectivity index (χ2n) is 17.6. The zero-order chi connectivity index (χ0) is 50.0. The average molecular weight is 1030 g/mol. The van der Waals surface area contributed by atoms with Crippen LogP contribution in [0.2, 0.25) is 0 Å². The summed E-state index contributed by atoms with van der Waals surface area (Å²) in [5.41, 5.74) is 5.26. The van der Waals surface area contributed by atoms with Crippen LogP contribution in [0.1, 0.15) is 22.8 Å². The van der Waals surface area contributed by atoms with Gasteiger partial charge in [0.1, 0.15) is 11.4 Å². The predicted octanol–water partition coefficient (Wildman–Crippen LogP) is 12.3. The second-order valence-corrected chi connectivity index (χ2v) is 26.7. The molecule has 0 N–H and O–H groups in total. The Morgan fingerprint density at radius 2 is 0.486 bits per heavy atom. The first-order chi connectivity index (χ1) is 36.7. The van der Waals surface area contributed by atoms with Gasteiger partial charge in [0.05, 0.1) is 11.4 Å². The van der Waals surface area contributed by atoms with Crippen LogP contribution in [0.4, 0.5) is 0 Å². The number of pyridine rings is 2. The van der Waals surface area contributed by atoms with E-state index in [2.05, 4.69) is 279 Å². The minimum Gasteiger partial charge on any atom is -0.280 e. The highest BCUT2D eigenvalue weighted by Gasteiger charge is 2.23. The number of hydrogen-bond acceptors (Lipinski definition) is 4. The molecule has 0 amide bonds. The molecule has 4 nitrogen and oxygen atoms in total. The van der Waals surface area contributed by atoms with E-state index in [1.807, 2.05) is 0 Å². The van der Waals surface area contributed by atoms with E-state index < -0.39 is 31.7 Å². The smallest absolute Gasteiger partial charge is 0.110 e. The van der Waals surface area contributed by atoms with Crippen molar-refractivity contribution in [2.45, 2.75) is 12.3 Å². The fraction of sp³-hybridized carbons (Fsp3) is 0.0909. The summed E-state index contributed by atoms with van der Waals surface area (Å²) in [6.45, 7) is 1.18. The van der Waals surface area contributed by atoms with Crippen LogP contribution in [0.15, 0.2) is 289 Å². The zero-order valence-corrected chi connectivity index (χ0v) is 45.0. The number of benzene rings is 8. The van der Waals surface area contributed by atoms with Crippen LogP contribution in [0.3, 0.4) is 0 Å². The summed E-state index contributed by atoms with van der Waals surface area (Å²) in [6.07, 6.45) is 3.32. The van der Waals surface area contributed by atoms with Crippen LogP contribution in [0.25, 0.3) is 0 Å². The van der Waals surface area contributed by atoms with E-state index in [9.17, 15) is 0 Å². The Morgan fingerprint density at radius 3 is 0.730 bits per heavy atom. The van der Waals surface area contributed by atoms with E-state index in [0.717, 1.165) is 58.8 Å². The molecule has 0 saturated heterocycles. The lowest BCUT2D eigenvalue weighted by Crippen LogP contribution is -2.24. The molecule has 0 unspecified atom stereocenters. The van der Waals surface area contributed by atoms with E-state index in [1.54, 1.807) is 0 Å². The molecule has 0 aliphatic heterocycles. The van der Waals surface area contributed by atoms with Gasteiger partial charge in [0.15, 0.2) is 0 Å². The molecule has 0 atom stereocenters. The van der Waals surface area contributed by atoms with E-state index in [4.69, 9.17) is 20.0 Å². The maximum absolute atomic E-state index is 5.71. The lowest BCUT2D eigenvalue weighted by Gasteiger charge is -2.21. The second kappa shape index (κ2) is 26.4. The molecule has 10 aromatic rings. The molecule has 2 aromatic heterocycles. The summed E-state index contributed by atoms with van der Waals surface area (Å²) in [6, 6.07) is 100. The first kappa shape index (κ1) is 50.6. The summed E-state index contributed by atoms with van der Waals surface area (Å²) in [7, 11) is -2.88. The van der Waals surface area contributed by atoms with Gasteiger partial charge in [0.2, 0.25) is 0 Å². The van der Waals surface area contributed by atoms with Gasteiger partial charge in [-0.25, -0.2) is 0 Å². The minimum absolute atomic E-state index is 0.588. The summed E-state index contributed by atoms with van der Waals surface area (Å²) in [5, 5.41) is 10.7. The zero-order valence-electron chi connectivity index (χ0n) is 41.4. The lowest BCUT2D eigenvalue weighted by molar-refractivity contribution is 1.09. The molecular weight excluding hydrogens is 973 g/mol. The molecule has 0 fully saturated rings. The lowest BCUT2D eigenvalue weighted by atomic mass is 10.1. The molecule has 8 aromatic carbocycles. The monoisotopic (exact) mass is 1030 g/mol. The Bertz CT molecular complexity index is 2950. The molecule has 0 saturated carbocycles. The van der Waals surface area contributed by atoms with Gasteiger partial charge in [-0.3, -0.25) is 20.0 Å². The molecular formula is C66H58N4P4. The van der Waals surface area contributed by atoms with Crippen LogP contribution >= 0.6 is 31.7 Å². The van der Waals surface area contributed by atoms with Crippen molar-refractivity contribution in [1.82, 2.24) is 9.97 Å². The fourth-order valence-electron chi connectivity index (χ4n) is 9.14. The highest BCUT2D eigenvalue weighted by Crippen LogP contribution is 2.39. The average Bonchev–Trinajstić information content (AvgIpc) is 3.48. The van der Waals surface area contributed by atoms with Gasteiger partial charge in [0, 0.05) is 36.8 Å². The van der Waals surface area contributed by atoms with Crippen molar-refractivity contribution < 1.29 is 0 Å². The van der Waals surface area contributed by atoms with Crippen molar-refractivity contribution >= 4 is 85.5 Å². The first-order valence-electron chi connectivity index (χ1n) is 25.3. The highest BCUT2D eigenvalue weighted by atomic mass is 31.1. The van der Waals surface area contributed by atoms with Crippen molar-refractivity contribution in [2.24, 2.45) is 9.98 Å².